The zero-order chi connectivity index (χ0) is 12.4. The molecule has 94 valence electrons. The minimum Gasteiger partial charge on any atom is -0.465 e. The van der Waals surface area contributed by atoms with Gasteiger partial charge in [0.15, 0.2) is 0 Å². The fourth-order valence-electron chi connectivity index (χ4n) is 1.91. The molecule has 0 atom stereocenters. The second kappa shape index (κ2) is 8.34. The van der Waals surface area contributed by atoms with Gasteiger partial charge in [0.2, 0.25) is 0 Å². The number of esters is 1. The van der Waals surface area contributed by atoms with Crippen LogP contribution in [-0.4, -0.2) is 43.2 Å². The number of quaternary nitrogens is 1. The highest BCUT2D eigenvalue weighted by molar-refractivity contribution is 5.70. The summed E-state index contributed by atoms with van der Waals surface area (Å²) in [6.07, 6.45) is 2.83. The van der Waals surface area contributed by atoms with Crippen molar-refractivity contribution in [2.45, 2.75) is 33.6 Å². The van der Waals surface area contributed by atoms with E-state index in [0.717, 1.165) is 37.1 Å². The highest BCUT2D eigenvalue weighted by Crippen LogP contribution is 2.07. The van der Waals surface area contributed by atoms with Crippen LogP contribution in [0.3, 0.4) is 0 Å². The molecule has 0 saturated heterocycles. The van der Waals surface area contributed by atoms with Crippen molar-refractivity contribution in [1.29, 1.82) is 0 Å². The van der Waals surface area contributed by atoms with Crippen LogP contribution in [0.25, 0.3) is 0 Å². The summed E-state index contributed by atoms with van der Waals surface area (Å²) in [5, 5.41) is 0. The van der Waals surface area contributed by atoms with Gasteiger partial charge in [-0.1, -0.05) is 6.08 Å². The van der Waals surface area contributed by atoms with Gasteiger partial charge < -0.3 is 9.22 Å². The molecule has 0 heterocycles. The smallest absolute Gasteiger partial charge is 0.309 e. The van der Waals surface area contributed by atoms with Crippen molar-refractivity contribution >= 4 is 5.97 Å². The topological polar surface area (TPSA) is 26.3 Å². The number of rotatable bonds is 9. The Morgan fingerprint density at radius 1 is 1.25 bits per heavy atom. The largest absolute Gasteiger partial charge is 0.465 e. The number of carbonyl (C=O) groups excluding carboxylic acids is 1. The number of hydrogen-bond acceptors (Lipinski definition) is 2. The van der Waals surface area contributed by atoms with Crippen molar-refractivity contribution in [1.82, 2.24) is 0 Å². The van der Waals surface area contributed by atoms with Crippen molar-refractivity contribution in [2.24, 2.45) is 0 Å². The molecule has 0 saturated carbocycles. The van der Waals surface area contributed by atoms with Crippen LogP contribution in [0.2, 0.25) is 0 Å². The first kappa shape index (κ1) is 15.2. The molecular formula is C13H26NO2+. The SMILES string of the molecule is C=CCC(=O)OCCC[N+](CC)(CC)CC. The molecule has 0 bridgehead atoms. The van der Waals surface area contributed by atoms with Gasteiger partial charge in [0.05, 0.1) is 39.2 Å². The molecule has 0 aliphatic heterocycles. The maximum absolute atomic E-state index is 11.1. The highest BCUT2D eigenvalue weighted by Gasteiger charge is 2.19. The van der Waals surface area contributed by atoms with Crippen LogP contribution < -0.4 is 0 Å². The average molecular weight is 228 g/mol. The van der Waals surface area contributed by atoms with Gasteiger partial charge in [0.1, 0.15) is 0 Å². The lowest BCUT2D eigenvalue weighted by Crippen LogP contribution is -2.48. The molecule has 0 aromatic carbocycles. The van der Waals surface area contributed by atoms with E-state index in [1.165, 1.54) is 0 Å². The van der Waals surface area contributed by atoms with Gasteiger partial charge in [-0.3, -0.25) is 4.79 Å². The van der Waals surface area contributed by atoms with Gasteiger partial charge >= 0.3 is 5.97 Å². The number of ether oxygens (including phenoxy) is 1. The zero-order valence-corrected chi connectivity index (χ0v) is 11.0. The van der Waals surface area contributed by atoms with Gasteiger partial charge in [-0.25, -0.2) is 0 Å². The van der Waals surface area contributed by atoms with E-state index in [9.17, 15) is 4.79 Å². The Morgan fingerprint density at radius 2 is 1.81 bits per heavy atom. The highest BCUT2D eigenvalue weighted by atomic mass is 16.5. The Hall–Kier alpha value is -0.830. The molecule has 16 heavy (non-hydrogen) atoms. The van der Waals surface area contributed by atoms with E-state index >= 15 is 0 Å². The van der Waals surface area contributed by atoms with Crippen molar-refractivity contribution in [3.8, 4) is 0 Å². The van der Waals surface area contributed by atoms with Crippen LogP contribution in [-0.2, 0) is 9.53 Å². The molecule has 0 aromatic rings. The van der Waals surface area contributed by atoms with Crippen LogP contribution in [0.5, 0.6) is 0 Å². The van der Waals surface area contributed by atoms with Crippen LogP contribution in [0.1, 0.15) is 33.6 Å². The Labute approximate surface area is 99.7 Å². The van der Waals surface area contributed by atoms with Crippen molar-refractivity contribution < 1.29 is 14.0 Å². The van der Waals surface area contributed by atoms with E-state index in [4.69, 9.17) is 4.74 Å². The van der Waals surface area contributed by atoms with Gasteiger partial charge in [-0.05, 0) is 20.8 Å². The van der Waals surface area contributed by atoms with Gasteiger partial charge in [0.25, 0.3) is 0 Å². The molecule has 0 N–H and O–H groups in total. The molecule has 0 radical (unpaired) electrons. The van der Waals surface area contributed by atoms with E-state index in [-0.39, 0.29) is 5.97 Å². The quantitative estimate of drug-likeness (QED) is 0.262. The average Bonchev–Trinajstić information content (AvgIpc) is 2.31. The Bertz CT molecular complexity index is 202. The predicted octanol–water partition coefficient (Wildman–Crippen LogP) is 2.37. The summed E-state index contributed by atoms with van der Waals surface area (Å²) in [6.45, 7) is 15.2. The van der Waals surface area contributed by atoms with E-state index in [2.05, 4.69) is 27.4 Å². The summed E-state index contributed by atoms with van der Waals surface area (Å²) in [7, 11) is 0. The molecule has 0 fully saturated rings. The van der Waals surface area contributed by atoms with Crippen LogP contribution in [0.4, 0.5) is 0 Å². The van der Waals surface area contributed by atoms with Crippen LogP contribution in [0.15, 0.2) is 12.7 Å². The second-order valence-corrected chi connectivity index (χ2v) is 4.08. The van der Waals surface area contributed by atoms with Crippen molar-refractivity contribution in [3.05, 3.63) is 12.7 Å². The molecule has 0 spiro atoms. The van der Waals surface area contributed by atoms with E-state index in [0.29, 0.717) is 13.0 Å². The van der Waals surface area contributed by atoms with Gasteiger partial charge in [-0.15, -0.1) is 6.58 Å². The number of hydrogen-bond donors (Lipinski definition) is 0. The molecule has 3 heteroatoms. The Kier molecular flexibility index (Phi) is 7.90. The lowest BCUT2D eigenvalue weighted by Gasteiger charge is -2.35. The molecule has 0 unspecified atom stereocenters. The zero-order valence-electron chi connectivity index (χ0n) is 11.0. The van der Waals surface area contributed by atoms with E-state index in [1.807, 2.05) is 0 Å². The summed E-state index contributed by atoms with van der Waals surface area (Å²) in [4.78, 5) is 11.1. The maximum atomic E-state index is 11.1. The minimum atomic E-state index is -0.169. The van der Waals surface area contributed by atoms with Gasteiger partial charge in [-0.2, -0.15) is 0 Å². The molecule has 0 aliphatic carbocycles. The lowest BCUT2D eigenvalue weighted by atomic mass is 10.3. The van der Waals surface area contributed by atoms with Gasteiger partial charge in [0, 0.05) is 6.42 Å². The molecule has 0 rings (SSSR count). The molecule has 3 nitrogen and oxygen atoms in total. The first-order chi connectivity index (χ1) is 7.64. The fourth-order valence-corrected chi connectivity index (χ4v) is 1.91. The second-order valence-electron chi connectivity index (χ2n) is 4.08. The van der Waals surface area contributed by atoms with Crippen LogP contribution >= 0.6 is 0 Å². The van der Waals surface area contributed by atoms with E-state index < -0.39 is 0 Å². The monoisotopic (exact) mass is 228 g/mol. The third kappa shape index (κ3) is 5.31. The summed E-state index contributed by atoms with van der Waals surface area (Å²) in [5.74, 6) is -0.169. The summed E-state index contributed by atoms with van der Waals surface area (Å²) < 4.78 is 6.20. The van der Waals surface area contributed by atoms with Crippen LogP contribution in [0, 0.1) is 0 Å². The number of carbonyl (C=O) groups is 1. The number of nitrogens with zero attached hydrogens (tertiary/aromatic N) is 1. The summed E-state index contributed by atoms with van der Waals surface area (Å²) >= 11 is 0. The third-order valence-electron chi connectivity index (χ3n) is 3.36. The summed E-state index contributed by atoms with van der Waals surface area (Å²) in [6, 6.07) is 0. The first-order valence-electron chi connectivity index (χ1n) is 6.25. The molecular weight excluding hydrogens is 202 g/mol. The standard InChI is InChI=1S/C13H26NO2/c1-5-10-13(15)16-12-9-11-14(6-2,7-3)8-4/h5H,1,6-12H2,2-4H3/q+1. The lowest BCUT2D eigenvalue weighted by molar-refractivity contribution is -0.923. The summed E-state index contributed by atoms with van der Waals surface area (Å²) in [5.41, 5.74) is 0. The predicted molar refractivity (Wildman–Crippen MR) is 67.1 cm³/mol. The first-order valence-corrected chi connectivity index (χ1v) is 6.25. The Balaban J connectivity index is 3.78. The molecule has 0 aromatic heterocycles. The maximum Gasteiger partial charge on any atom is 0.309 e. The van der Waals surface area contributed by atoms with E-state index in [1.54, 1.807) is 6.08 Å². The Morgan fingerprint density at radius 3 is 2.25 bits per heavy atom. The molecule has 0 amide bonds. The third-order valence-corrected chi connectivity index (χ3v) is 3.36. The minimum absolute atomic E-state index is 0.169. The normalized spacial score (nSPS) is 11.2. The van der Waals surface area contributed by atoms with Crippen molar-refractivity contribution in [3.63, 3.8) is 0 Å². The molecule has 0 aliphatic rings. The fraction of sp³-hybridized carbons (Fsp3) is 0.769. The van der Waals surface area contributed by atoms with Crippen molar-refractivity contribution in [2.75, 3.05) is 32.8 Å².